The molecular weight excluding hydrogens is 603 g/mol. The van der Waals surface area contributed by atoms with Gasteiger partial charge in [-0.3, -0.25) is 0 Å². The van der Waals surface area contributed by atoms with E-state index < -0.39 is 36.0 Å². The average molecular weight is 628 g/mol. The lowest BCUT2D eigenvalue weighted by molar-refractivity contribution is -0.228. The molecule has 10 nitrogen and oxygen atoms in total. The Balaban J connectivity index is 1.29. The molecule has 0 saturated carbocycles. The highest BCUT2D eigenvalue weighted by molar-refractivity contribution is 7.19. The molecule has 3 saturated heterocycles. The van der Waals surface area contributed by atoms with Crippen LogP contribution in [0.25, 0.3) is 10.6 Å². The summed E-state index contributed by atoms with van der Waals surface area (Å²) in [5, 5.41) is 10.5. The van der Waals surface area contributed by atoms with Crippen molar-refractivity contribution in [3.63, 3.8) is 0 Å². The first kappa shape index (κ1) is 28.3. The van der Waals surface area contributed by atoms with E-state index >= 15 is 0 Å². The van der Waals surface area contributed by atoms with E-state index in [-0.39, 0.29) is 30.5 Å². The number of anilines is 2. The van der Waals surface area contributed by atoms with Crippen molar-refractivity contribution in [1.29, 1.82) is 0 Å². The summed E-state index contributed by atoms with van der Waals surface area (Å²) < 4.78 is 45.8. The van der Waals surface area contributed by atoms with Gasteiger partial charge in [-0.25, -0.2) is 28.5 Å². The van der Waals surface area contributed by atoms with Crippen LogP contribution in [0.3, 0.4) is 0 Å². The van der Waals surface area contributed by atoms with Crippen molar-refractivity contribution in [2.45, 2.75) is 43.6 Å². The van der Waals surface area contributed by atoms with E-state index in [1.165, 1.54) is 28.5 Å². The zero-order valence-electron chi connectivity index (χ0n) is 21.7. The molecule has 6 heterocycles. The van der Waals surface area contributed by atoms with Gasteiger partial charge in [-0.15, -0.1) is 11.3 Å². The van der Waals surface area contributed by atoms with Gasteiger partial charge in [0.25, 0.3) is 6.43 Å². The van der Waals surface area contributed by atoms with E-state index in [1.54, 1.807) is 18.2 Å². The summed E-state index contributed by atoms with van der Waals surface area (Å²) in [6.07, 6.45) is -2.05. The van der Waals surface area contributed by atoms with Crippen molar-refractivity contribution >= 4 is 52.0 Å². The number of ether oxygens (including phenoxy) is 3. The Morgan fingerprint density at radius 3 is 2.71 bits per heavy atom. The fraction of sp³-hybridized carbons (Fsp3) is 0.462. The maximum Gasteiger partial charge on any atom is 0.326 e. The van der Waals surface area contributed by atoms with Crippen LogP contribution >= 0.6 is 34.5 Å². The minimum absolute atomic E-state index is 0.0579. The Hall–Kier alpha value is -2.84. The summed E-state index contributed by atoms with van der Waals surface area (Å²) >= 11 is 13.5. The van der Waals surface area contributed by atoms with Gasteiger partial charge in [0.05, 0.1) is 52.3 Å². The molecule has 15 heteroatoms. The number of hydrogen-bond acceptors (Lipinski definition) is 10. The normalized spacial score (nSPS) is 23.7. The number of aliphatic carboxylic acids is 1. The zero-order valence-corrected chi connectivity index (χ0v) is 24.0. The number of thiophene rings is 1. The smallest absolute Gasteiger partial charge is 0.326 e. The van der Waals surface area contributed by atoms with E-state index in [0.717, 1.165) is 0 Å². The molecular formula is C26H25Cl2F2N5O5S. The number of morpholine rings is 1. The summed E-state index contributed by atoms with van der Waals surface area (Å²) in [4.78, 5) is 28.9. The SMILES string of the molecule is C[C@@H]1N(c2cc(Cl)cnc2O[C@H]2C[C@@H](C(=O)O)N(c3cc(-c4ccc(Cl)s4)nc(C(F)F)n3)C2)CCOC12COC2. The summed E-state index contributed by atoms with van der Waals surface area (Å²) in [6, 6.07) is 5.42. The van der Waals surface area contributed by atoms with Crippen molar-refractivity contribution in [2.75, 3.05) is 42.7 Å². The highest BCUT2D eigenvalue weighted by Crippen LogP contribution is 2.40. The van der Waals surface area contributed by atoms with E-state index in [2.05, 4.69) is 19.9 Å². The topological polar surface area (TPSA) is 110 Å². The van der Waals surface area contributed by atoms with Crippen molar-refractivity contribution in [3.8, 4) is 16.5 Å². The standard InChI is InChI=1S/C26H25Cl2F2N5O5S/c1-13-26(11-38-12-26)39-5-4-34(13)17-6-14(27)9-31-24(17)40-15-7-18(25(36)37)35(10-15)21-8-16(19-2-3-20(28)41-19)32-23(33-21)22(29)30/h2-3,6,8-9,13,15,18,22H,4-5,7,10-12H2,1H3,(H,36,37)/t13-,15-,18-/m0/s1. The molecule has 6 rings (SSSR count). The zero-order chi connectivity index (χ0) is 28.9. The van der Waals surface area contributed by atoms with Crippen LogP contribution in [0.2, 0.25) is 9.36 Å². The molecule has 3 aliphatic heterocycles. The van der Waals surface area contributed by atoms with Gasteiger partial charge < -0.3 is 29.1 Å². The number of halogens is 4. The lowest BCUT2D eigenvalue weighted by Gasteiger charge is -2.53. The predicted molar refractivity (Wildman–Crippen MR) is 149 cm³/mol. The molecule has 0 aliphatic carbocycles. The van der Waals surface area contributed by atoms with E-state index in [4.69, 9.17) is 37.4 Å². The van der Waals surface area contributed by atoms with Crippen LogP contribution in [-0.4, -0.2) is 82.7 Å². The van der Waals surface area contributed by atoms with Crippen molar-refractivity contribution in [3.05, 3.63) is 45.6 Å². The molecule has 3 aromatic heterocycles. The molecule has 0 amide bonds. The monoisotopic (exact) mass is 627 g/mol. The van der Waals surface area contributed by atoms with Gasteiger partial charge in [-0.05, 0) is 25.1 Å². The second-order valence-corrected chi connectivity index (χ2v) is 12.3. The maximum atomic E-state index is 13.8. The fourth-order valence-electron chi connectivity index (χ4n) is 5.42. The molecule has 3 atom stereocenters. The third-order valence-electron chi connectivity index (χ3n) is 7.62. The minimum atomic E-state index is -2.96. The molecule has 3 aliphatic rings. The van der Waals surface area contributed by atoms with Crippen molar-refractivity contribution in [1.82, 2.24) is 15.0 Å². The molecule has 1 spiro atoms. The fourth-order valence-corrected chi connectivity index (χ4v) is 6.57. The number of carbonyl (C=O) groups is 1. The summed E-state index contributed by atoms with van der Waals surface area (Å²) in [5.41, 5.74) is 0.451. The Bertz CT molecular complexity index is 1460. The van der Waals surface area contributed by atoms with Crippen LogP contribution in [0.4, 0.5) is 20.3 Å². The Morgan fingerprint density at radius 2 is 2.05 bits per heavy atom. The molecule has 3 aromatic rings. The number of aromatic nitrogens is 3. The molecule has 0 aromatic carbocycles. The largest absolute Gasteiger partial charge is 0.480 e. The molecule has 0 radical (unpaired) electrons. The van der Waals surface area contributed by atoms with Gasteiger partial charge in [0, 0.05) is 25.2 Å². The Kier molecular flexibility index (Phi) is 7.66. The van der Waals surface area contributed by atoms with Crippen LogP contribution in [0.1, 0.15) is 25.6 Å². The molecule has 41 heavy (non-hydrogen) atoms. The number of carboxylic acids is 1. The molecule has 218 valence electrons. The summed E-state index contributed by atoms with van der Waals surface area (Å²) in [6.45, 7) is 4.12. The molecule has 0 unspecified atom stereocenters. The number of carboxylic acid groups (broad SMARTS) is 1. The first-order valence-electron chi connectivity index (χ1n) is 12.9. The van der Waals surface area contributed by atoms with Crippen LogP contribution in [0, 0.1) is 0 Å². The first-order valence-corrected chi connectivity index (χ1v) is 14.4. The number of hydrogen-bond donors (Lipinski definition) is 1. The third kappa shape index (κ3) is 5.41. The number of pyridine rings is 1. The van der Waals surface area contributed by atoms with Crippen molar-refractivity contribution < 1.29 is 32.9 Å². The van der Waals surface area contributed by atoms with Crippen LogP contribution in [-0.2, 0) is 14.3 Å². The quantitative estimate of drug-likeness (QED) is 0.386. The third-order valence-corrected chi connectivity index (χ3v) is 9.08. The molecule has 3 fully saturated rings. The van der Waals surface area contributed by atoms with Crippen molar-refractivity contribution in [2.24, 2.45) is 0 Å². The second kappa shape index (κ2) is 11.1. The summed E-state index contributed by atoms with van der Waals surface area (Å²) in [7, 11) is 0. The predicted octanol–water partition coefficient (Wildman–Crippen LogP) is 4.95. The van der Waals surface area contributed by atoms with Gasteiger partial charge >= 0.3 is 5.97 Å². The average Bonchev–Trinajstić information content (AvgIpc) is 3.55. The molecule has 0 bridgehead atoms. The first-order chi connectivity index (χ1) is 19.6. The van der Waals surface area contributed by atoms with Gasteiger partial charge in [0.1, 0.15) is 29.3 Å². The van der Waals surface area contributed by atoms with Gasteiger partial charge in [-0.2, -0.15) is 0 Å². The molecule has 1 N–H and O–H groups in total. The minimum Gasteiger partial charge on any atom is -0.480 e. The maximum absolute atomic E-state index is 13.8. The van der Waals surface area contributed by atoms with Gasteiger partial charge in [0.15, 0.2) is 5.82 Å². The summed E-state index contributed by atoms with van der Waals surface area (Å²) in [5.74, 6) is -1.48. The van der Waals surface area contributed by atoms with Crippen LogP contribution in [0.15, 0.2) is 30.5 Å². The van der Waals surface area contributed by atoms with Crippen LogP contribution in [0.5, 0.6) is 5.88 Å². The second-order valence-electron chi connectivity index (χ2n) is 10.1. The van der Waals surface area contributed by atoms with E-state index in [0.29, 0.717) is 52.2 Å². The van der Waals surface area contributed by atoms with Gasteiger partial charge in [0.2, 0.25) is 5.88 Å². The van der Waals surface area contributed by atoms with Gasteiger partial charge in [-0.1, -0.05) is 23.2 Å². The highest BCUT2D eigenvalue weighted by Gasteiger charge is 2.50. The number of alkyl halides is 2. The Labute approximate surface area is 247 Å². The number of nitrogens with zero attached hydrogens (tertiary/aromatic N) is 5. The van der Waals surface area contributed by atoms with Crippen LogP contribution < -0.4 is 14.5 Å². The Morgan fingerprint density at radius 1 is 1.24 bits per heavy atom. The van der Waals surface area contributed by atoms with E-state index in [1.807, 2.05) is 6.92 Å². The number of rotatable bonds is 7. The van der Waals surface area contributed by atoms with E-state index in [9.17, 15) is 18.7 Å². The lowest BCUT2D eigenvalue weighted by Crippen LogP contribution is -2.68. The lowest BCUT2D eigenvalue weighted by atomic mass is 9.90. The highest BCUT2D eigenvalue weighted by atomic mass is 35.5.